The van der Waals surface area contributed by atoms with Gasteiger partial charge in [0.05, 0.1) is 5.69 Å². The summed E-state index contributed by atoms with van der Waals surface area (Å²) < 4.78 is 0. The number of aryl methyl sites for hydroxylation is 1. The molecule has 2 aromatic rings. The fourth-order valence-electron chi connectivity index (χ4n) is 2.17. The summed E-state index contributed by atoms with van der Waals surface area (Å²) in [6, 6.07) is 8.81. The molecule has 0 aliphatic carbocycles. The van der Waals surface area contributed by atoms with E-state index in [9.17, 15) is 0 Å². The first kappa shape index (κ1) is 13.1. The molecule has 1 heterocycles. The molecular weight excluding hydrogens is 240 g/mol. The third-order valence-corrected chi connectivity index (χ3v) is 4.49. The molecule has 18 heavy (non-hydrogen) atoms. The van der Waals surface area contributed by atoms with Crippen LogP contribution in [-0.4, -0.2) is 4.98 Å². The molecule has 0 spiro atoms. The van der Waals surface area contributed by atoms with Gasteiger partial charge in [-0.3, -0.25) is 0 Å². The van der Waals surface area contributed by atoms with Crippen molar-refractivity contribution in [3.63, 3.8) is 0 Å². The molecule has 0 saturated heterocycles. The van der Waals surface area contributed by atoms with Gasteiger partial charge in [0.25, 0.3) is 0 Å². The van der Waals surface area contributed by atoms with E-state index in [2.05, 4.69) is 50.0 Å². The van der Waals surface area contributed by atoms with Gasteiger partial charge in [-0.05, 0) is 24.0 Å². The summed E-state index contributed by atoms with van der Waals surface area (Å²) in [5.41, 5.74) is 9.56. The van der Waals surface area contributed by atoms with Gasteiger partial charge in [0.2, 0.25) is 0 Å². The molecular formula is C15H20N2S. The number of rotatable bonds is 3. The second-order valence-corrected chi connectivity index (χ2v) is 6.11. The van der Waals surface area contributed by atoms with Crippen LogP contribution in [0.1, 0.15) is 54.3 Å². The molecule has 1 aromatic carbocycles. The van der Waals surface area contributed by atoms with Gasteiger partial charge < -0.3 is 5.73 Å². The predicted octanol–water partition coefficient (Wildman–Crippen LogP) is 4.31. The van der Waals surface area contributed by atoms with Crippen LogP contribution >= 0.6 is 11.3 Å². The van der Waals surface area contributed by atoms with E-state index < -0.39 is 0 Å². The summed E-state index contributed by atoms with van der Waals surface area (Å²) in [4.78, 5) is 5.58. The standard InChI is InChI=1S/C15H20N2S/c1-9(2)12-6-5-7-13(8-12)10(3)14-11(4)17-15(16)18-14/h5-10H,1-4H3,(H2,16,17). The highest BCUT2D eigenvalue weighted by molar-refractivity contribution is 7.15. The Hall–Kier alpha value is -1.35. The lowest BCUT2D eigenvalue weighted by molar-refractivity contribution is 0.852. The third-order valence-electron chi connectivity index (χ3n) is 3.32. The van der Waals surface area contributed by atoms with Crippen molar-refractivity contribution in [2.75, 3.05) is 5.73 Å². The molecule has 0 aliphatic rings. The molecule has 3 heteroatoms. The smallest absolute Gasteiger partial charge is 0.180 e. The molecule has 2 rings (SSSR count). The van der Waals surface area contributed by atoms with Crippen molar-refractivity contribution in [1.29, 1.82) is 0 Å². The largest absolute Gasteiger partial charge is 0.375 e. The quantitative estimate of drug-likeness (QED) is 0.893. The molecule has 0 aliphatic heterocycles. The minimum Gasteiger partial charge on any atom is -0.375 e. The predicted molar refractivity (Wildman–Crippen MR) is 79.3 cm³/mol. The first-order chi connectivity index (χ1) is 8.49. The normalized spacial score (nSPS) is 12.9. The van der Waals surface area contributed by atoms with Gasteiger partial charge in [0.1, 0.15) is 0 Å². The van der Waals surface area contributed by atoms with Gasteiger partial charge in [0.15, 0.2) is 5.13 Å². The number of benzene rings is 1. The summed E-state index contributed by atoms with van der Waals surface area (Å²) in [5, 5.41) is 0.661. The zero-order valence-electron chi connectivity index (χ0n) is 11.4. The lowest BCUT2D eigenvalue weighted by atomic mass is 9.93. The van der Waals surface area contributed by atoms with Crippen LogP contribution in [0.5, 0.6) is 0 Å². The molecule has 0 radical (unpaired) electrons. The van der Waals surface area contributed by atoms with Crippen LogP contribution in [0.25, 0.3) is 0 Å². The van der Waals surface area contributed by atoms with Crippen molar-refractivity contribution in [2.45, 2.75) is 39.5 Å². The number of aromatic nitrogens is 1. The van der Waals surface area contributed by atoms with E-state index in [-0.39, 0.29) is 0 Å². The Morgan fingerprint density at radius 3 is 2.39 bits per heavy atom. The van der Waals surface area contributed by atoms with Gasteiger partial charge in [-0.25, -0.2) is 4.98 Å². The summed E-state index contributed by atoms with van der Waals surface area (Å²) in [7, 11) is 0. The lowest BCUT2D eigenvalue weighted by Gasteiger charge is -2.13. The highest BCUT2D eigenvalue weighted by atomic mass is 32.1. The van der Waals surface area contributed by atoms with Crippen molar-refractivity contribution in [3.05, 3.63) is 46.0 Å². The van der Waals surface area contributed by atoms with Crippen LogP contribution in [0.3, 0.4) is 0 Å². The molecule has 0 fully saturated rings. The van der Waals surface area contributed by atoms with Crippen molar-refractivity contribution in [2.24, 2.45) is 0 Å². The fourth-order valence-corrected chi connectivity index (χ4v) is 3.08. The second kappa shape index (κ2) is 5.11. The summed E-state index contributed by atoms with van der Waals surface area (Å²) in [5.74, 6) is 0.920. The fraction of sp³-hybridized carbons (Fsp3) is 0.400. The highest BCUT2D eigenvalue weighted by Crippen LogP contribution is 2.33. The molecule has 0 saturated carbocycles. The molecule has 2 N–H and O–H groups in total. The first-order valence-corrected chi connectivity index (χ1v) is 7.13. The number of anilines is 1. The molecule has 2 nitrogen and oxygen atoms in total. The van der Waals surface area contributed by atoms with Gasteiger partial charge in [-0.15, -0.1) is 11.3 Å². The number of hydrogen-bond donors (Lipinski definition) is 1. The van der Waals surface area contributed by atoms with Gasteiger partial charge in [0, 0.05) is 10.8 Å². The molecule has 1 aromatic heterocycles. The average molecular weight is 260 g/mol. The number of thiazole rings is 1. The van der Waals surface area contributed by atoms with E-state index in [0.29, 0.717) is 17.0 Å². The van der Waals surface area contributed by atoms with Crippen LogP contribution in [-0.2, 0) is 0 Å². The molecule has 0 bridgehead atoms. The monoisotopic (exact) mass is 260 g/mol. The maximum Gasteiger partial charge on any atom is 0.180 e. The van der Waals surface area contributed by atoms with E-state index in [0.717, 1.165) is 5.69 Å². The van der Waals surface area contributed by atoms with E-state index in [1.165, 1.54) is 16.0 Å². The first-order valence-electron chi connectivity index (χ1n) is 6.31. The zero-order chi connectivity index (χ0) is 13.3. The van der Waals surface area contributed by atoms with Crippen LogP contribution in [0.2, 0.25) is 0 Å². The van der Waals surface area contributed by atoms with Gasteiger partial charge in [-0.1, -0.05) is 45.0 Å². The van der Waals surface area contributed by atoms with Crippen LogP contribution < -0.4 is 5.73 Å². The maximum absolute atomic E-state index is 5.78. The zero-order valence-corrected chi connectivity index (χ0v) is 12.2. The third kappa shape index (κ3) is 2.56. The maximum atomic E-state index is 5.78. The molecule has 0 amide bonds. The van der Waals surface area contributed by atoms with E-state index >= 15 is 0 Å². The summed E-state index contributed by atoms with van der Waals surface area (Å²) in [6.07, 6.45) is 0. The number of nitrogen functional groups attached to an aromatic ring is 1. The Bertz CT molecular complexity index is 543. The van der Waals surface area contributed by atoms with Gasteiger partial charge >= 0.3 is 0 Å². The van der Waals surface area contributed by atoms with Crippen molar-refractivity contribution in [3.8, 4) is 0 Å². The number of hydrogen-bond acceptors (Lipinski definition) is 3. The second-order valence-electron chi connectivity index (χ2n) is 5.05. The lowest BCUT2D eigenvalue weighted by Crippen LogP contribution is -1.97. The van der Waals surface area contributed by atoms with Crippen LogP contribution in [0, 0.1) is 6.92 Å². The van der Waals surface area contributed by atoms with Crippen LogP contribution in [0.4, 0.5) is 5.13 Å². The highest BCUT2D eigenvalue weighted by Gasteiger charge is 2.15. The number of nitrogens with two attached hydrogens (primary N) is 1. The van der Waals surface area contributed by atoms with Crippen molar-refractivity contribution >= 4 is 16.5 Å². The van der Waals surface area contributed by atoms with Crippen molar-refractivity contribution < 1.29 is 0 Å². The molecule has 96 valence electrons. The van der Waals surface area contributed by atoms with Gasteiger partial charge in [-0.2, -0.15) is 0 Å². The van der Waals surface area contributed by atoms with E-state index in [4.69, 9.17) is 5.73 Å². The topological polar surface area (TPSA) is 38.9 Å². The number of nitrogens with zero attached hydrogens (tertiary/aromatic N) is 1. The van der Waals surface area contributed by atoms with Crippen LogP contribution in [0.15, 0.2) is 24.3 Å². The van der Waals surface area contributed by atoms with E-state index in [1.54, 1.807) is 11.3 Å². The van der Waals surface area contributed by atoms with E-state index in [1.807, 2.05) is 6.92 Å². The van der Waals surface area contributed by atoms with Crippen molar-refractivity contribution in [1.82, 2.24) is 4.98 Å². The Kier molecular flexibility index (Phi) is 3.71. The summed E-state index contributed by atoms with van der Waals surface area (Å²) >= 11 is 1.60. The minimum absolute atomic E-state index is 0.360. The Morgan fingerprint density at radius 1 is 1.17 bits per heavy atom. The minimum atomic E-state index is 0.360. The SMILES string of the molecule is Cc1nc(N)sc1C(C)c1cccc(C(C)C)c1. The Morgan fingerprint density at radius 2 is 1.83 bits per heavy atom. The Balaban J connectivity index is 2.36. The summed E-state index contributed by atoms with van der Waals surface area (Å²) in [6.45, 7) is 8.70. The molecule has 1 atom stereocenters. The average Bonchev–Trinajstić information content (AvgIpc) is 2.67. The molecule has 1 unspecified atom stereocenters. The Labute approximate surface area is 113 Å².